The van der Waals surface area contributed by atoms with Gasteiger partial charge < -0.3 is 10.1 Å². The maximum absolute atomic E-state index is 11.1. The maximum atomic E-state index is 11.1. The van der Waals surface area contributed by atoms with Crippen molar-refractivity contribution in [1.82, 2.24) is 0 Å². The largest absolute Gasteiger partial charge is 0.491 e. The first-order chi connectivity index (χ1) is 9.65. The number of hydrogen-bond acceptors (Lipinski definition) is 4. The van der Waals surface area contributed by atoms with Gasteiger partial charge in [-0.25, -0.2) is 0 Å². The Kier molecular flexibility index (Phi) is 3.31. The average molecular weight is 335 g/mol. The van der Waals surface area contributed by atoms with E-state index in [0.29, 0.717) is 12.3 Å². The van der Waals surface area contributed by atoms with Crippen LogP contribution in [-0.4, -0.2) is 11.5 Å². The fourth-order valence-electron chi connectivity index (χ4n) is 2.25. The molecule has 2 aromatic rings. The molecule has 1 N–H and O–H groups in total. The Morgan fingerprint density at radius 1 is 1.30 bits per heavy atom. The van der Waals surface area contributed by atoms with Crippen molar-refractivity contribution in [3.63, 3.8) is 0 Å². The summed E-state index contributed by atoms with van der Waals surface area (Å²) in [6.07, 6.45) is 0. The molecule has 2 aromatic carbocycles. The van der Waals surface area contributed by atoms with Crippen molar-refractivity contribution in [1.29, 1.82) is 0 Å². The number of hydrogen-bond donors (Lipinski definition) is 1. The van der Waals surface area contributed by atoms with Gasteiger partial charge in [-0.1, -0.05) is 34.1 Å². The summed E-state index contributed by atoms with van der Waals surface area (Å²) in [4.78, 5) is 10.7. The summed E-state index contributed by atoms with van der Waals surface area (Å²) >= 11 is 3.33. The number of nitrogens with zero attached hydrogens (tertiary/aromatic N) is 1. The minimum absolute atomic E-state index is 0.0533. The van der Waals surface area contributed by atoms with Gasteiger partial charge >= 0.3 is 0 Å². The third-order valence-corrected chi connectivity index (χ3v) is 3.68. The smallest absolute Gasteiger partial charge is 0.292 e. The molecule has 1 heterocycles. The monoisotopic (exact) mass is 334 g/mol. The first kappa shape index (κ1) is 12.9. The molecule has 0 saturated heterocycles. The number of nitro groups is 1. The van der Waals surface area contributed by atoms with Crippen LogP contribution in [0, 0.1) is 10.1 Å². The van der Waals surface area contributed by atoms with Crippen molar-refractivity contribution in [3.05, 3.63) is 62.6 Å². The average Bonchev–Trinajstić information content (AvgIpc) is 2.82. The molecule has 0 radical (unpaired) electrons. The van der Waals surface area contributed by atoms with Crippen LogP contribution < -0.4 is 10.1 Å². The van der Waals surface area contributed by atoms with Gasteiger partial charge in [0.25, 0.3) is 5.69 Å². The third kappa shape index (κ3) is 2.34. The summed E-state index contributed by atoms with van der Waals surface area (Å²) in [5.41, 5.74) is 1.55. The van der Waals surface area contributed by atoms with Gasteiger partial charge in [0.15, 0.2) is 0 Å². The molecule has 0 aliphatic carbocycles. The number of para-hydroxylation sites is 1. The first-order valence-electron chi connectivity index (χ1n) is 6.07. The van der Waals surface area contributed by atoms with E-state index in [1.54, 1.807) is 12.1 Å². The van der Waals surface area contributed by atoms with Crippen molar-refractivity contribution in [2.45, 2.75) is 6.04 Å². The first-order valence-corrected chi connectivity index (χ1v) is 6.86. The molecule has 0 bridgehead atoms. The van der Waals surface area contributed by atoms with Gasteiger partial charge in [-0.15, -0.1) is 0 Å². The molecule has 0 aromatic heterocycles. The predicted octanol–water partition coefficient (Wildman–Crippen LogP) is 3.90. The van der Waals surface area contributed by atoms with Gasteiger partial charge in [0.2, 0.25) is 0 Å². The highest BCUT2D eigenvalue weighted by atomic mass is 79.9. The summed E-state index contributed by atoms with van der Waals surface area (Å²) in [5.74, 6) is 0.822. The number of halogens is 1. The van der Waals surface area contributed by atoms with Gasteiger partial charge in [-0.2, -0.15) is 0 Å². The number of nitro benzene ring substituents is 1. The Morgan fingerprint density at radius 3 is 2.90 bits per heavy atom. The Hall–Kier alpha value is -2.08. The Morgan fingerprint density at radius 2 is 2.10 bits per heavy atom. The Bertz CT molecular complexity index is 675. The van der Waals surface area contributed by atoms with E-state index in [9.17, 15) is 10.1 Å². The lowest BCUT2D eigenvalue weighted by atomic mass is 10.1. The second kappa shape index (κ2) is 5.13. The quantitative estimate of drug-likeness (QED) is 0.682. The van der Waals surface area contributed by atoms with Crippen LogP contribution in [0.25, 0.3) is 0 Å². The lowest BCUT2D eigenvalue weighted by molar-refractivity contribution is -0.384. The minimum Gasteiger partial charge on any atom is -0.491 e. The van der Waals surface area contributed by atoms with Gasteiger partial charge in [-0.05, 0) is 18.2 Å². The molecule has 20 heavy (non-hydrogen) atoms. The van der Waals surface area contributed by atoms with Crippen LogP contribution in [0.3, 0.4) is 0 Å². The van der Waals surface area contributed by atoms with Gasteiger partial charge in [-0.3, -0.25) is 10.1 Å². The van der Waals surface area contributed by atoms with E-state index in [1.807, 2.05) is 24.3 Å². The van der Waals surface area contributed by atoms with Gasteiger partial charge in [0.1, 0.15) is 18.0 Å². The molecule has 5 nitrogen and oxygen atoms in total. The van der Waals surface area contributed by atoms with Crippen LogP contribution in [0.4, 0.5) is 11.4 Å². The topological polar surface area (TPSA) is 64.4 Å². The highest BCUT2D eigenvalue weighted by molar-refractivity contribution is 9.10. The Balaban J connectivity index is 1.93. The number of rotatable bonds is 3. The van der Waals surface area contributed by atoms with E-state index < -0.39 is 4.92 Å². The molecule has 6 heteroatoms. The standard InChI is InChI=1S/C14H11BrN2O3/c15-9-5-6-13(17(18)19)11(7-9)16-12-8-20-14-4-2-1-3-10(12)14/h1-7,12,16H,8H2. The predicted molar refractivity (Wildman–Crippen MR) is 79.1 cm³/mol. The molecule has 0 saturated carbocycles. The third-order valence-electron chi connectivity index (χ3n) is 3.18. The minimum atomic E-state index is -0.392. The molecule has 0 amide bonds. The van der Waals surface area contributed by atoms with Crippen LogP contribution in [0.2, 0.25) is 0 Å². The molecular formula is C14H11BrN2O3. The van der Waals surface area contributed by atoms with Crippen molar-refractivity contribution in [3.8, 4) is 5.75 Å². The second-order valence-corrected chi connectivity index (χ2v) is 5.38. The highest BCUT2D eigenvalue weighted by Gasteiger charge is 2.26. The van der Waals surface area contributed by atoms with E-state index >= 15 is 0 Å². The number of anilines is 1. The van der Waals surface area contributed by atoms with E-state index in [1.165, 1.54) is 6.07 Å². The van der Waals surface area contributed by atoms with E-state index in [2.05, 4.69) is 21.2 Å². The van der Waals surface area contributed by atoms with E-state index in [0.717, 1.165) is 15.8 Å². The van der Waals surface area contributed by atoms with Crippen molar-refractivity contribution < 1.29 is 9.66 Å². The molecular weight excluding hydrogens is 324 g/mol. The zero-order valence-corrected chi connectivity index (χ0v) is 12.0. The van der Waals surface area contributed by atoms with E-state index in [4.69, 9.17) is 4.74 Å². The van der Waals surface area contributed by atoms with E-state index in [-0.39, 0.29) is 11.7 Å². The van der Waals surface area contributed by atoms with Crippen LogP contribution in [0.5, 0.6) is 5.75 Å². The molecule has 1 atom stereocenters. The molecule has 3 rings (SSSR count). The Labute approximate surface area is 123 Å². The van der Waals surface area contributed by atoms with Gasteiger partial charge in [0.05, 0.1) is 11.0 Å². The molecule has 1 aliphatic rings. The highest BCUT2D eigenvalue weighted by Crippen LogP contribution is 2.37. The summed E-state index contributed by atoms with van der Waals surface area (Å²) in [5, 5.41) is 14.3. The summed E-state index contributed by atoms with van der Waals surface area (Å²) in [6.45, 7) is 0.461. The number of nitrogens with one attached hydrogen (secondary N) is 1. The normalized spacial score (nSPS) is 16.4. The zero-order valence-electron chi connectivity index (χ0n) is 10.4. The van der Waals surface area contributed by atoms with Crippen molar-refractivity contribution in [2.75, 3.05) is 11.9 Å². The number of benzene rings is 2. The fourth-order valence-corrected chi connectivity index (χ4v) is 2.61. The van der Waals surface area contributed by atoms with Crippen LogP contribution in [0.1, 0.15) is 11.6 Å². The summed E-state index contributed by atoms with van der Waals surface area (Å²) < 4.78 is 6.36. The molecule has 1 unspecified atom stereocenters. The summed E-state index contributed by atoms with van der Waals surface area (Å²) in [7, 11) is 0. The van der Waals surface area contributed by atoms with Crippen LogP contribution in [0.15, 0.2) is 46.9 Å². The molecule has 0 fully saturated rings. The molecule has 0 spiro atoms. The lowest BCUT2D eigenvalue weighted by Gasteiger charge is -2.13. The van der Waals surface area contributed by atoms with Crippen LogP contribution >= 0.6 is 15.9 Å². The SMILES string of the molecule is O=[N+]([O-])c1ccc(Br)cc1NC1COc2ccccc21. The number of ether oxygens (including phenoxy) is 1. The van der Waals surface area contributed by atoms with Crippen molar-refractivity contribution >= 4 is 27.3 Å². The molecule has 1 aliphatic heterocycles. The molecule has 102 valence electrons. The summed E-state index contributed by atoms with van der Waals surface area (Å²) in [6, 6.07) is 12.4. The maximum Gasteiger partial charge on any atom is 0.292 e. The van der Waals surface area contributed by atoms with Gasteiger partial charge in [0, 0.05) is 16.1 Å². The van der Waals surface area contributed by atoms with Crippen molar-refractivity contribution in [2.24, 2.45) is 0 Å². The fraction of sp³-hybridized carbons (Fsp3) is 0.143. The lowest BCUT2D eigenvalue weighted by Crippen LogP contribution is -2.13. The number of fused-ring (bicyclic) bond motifs is 1. The van der Waals surface area contributed by atoms with Crippen LogP contribution in [-0.2, 0) is 0 Å². The zero-order chi connectivity index (χ0) is 14.1. The second-order valence-electron chi connectivity index (χ2n) is 4.46.